The normalized spacial score (nSPS) is 12.5. The maximum Gasteiger partial charge on any atom is 0.328 e. The van der Waals surface area contributed by atoms with Gasteiger partial charge in [-0.1, -0.05) is 30.3 Å². The first-order valence-electron chi connectivity index (χ1n) is 6.12. The Balaban J connectivity index is 2.22. The molecule has 108 valence electrons. The van der Waals surface area contributed by atoms with Gasteiger partial charge in [0.15, 0.2) is 11.6 Å². The highest BCUT2D eigenvalue weighted by atomic mass is 19.2. The second kappa shape index (κ2) is 6.28. The van der Waals surface area contributed by atoms with Gasteiger partial charge in [0, 0.05) is 6.08 Å². The van der Waals surface area contributed by atoms with E-state index in [9.17, 15) is 18.7 Å². The molecule has 0 saturated heterocycles. The highest BCUT2D eigenvalue weighted by Gasteiger charge is 2.07. The second-order valence-electron chi connectivity index (χ2n) is 4.39. The van der Waals surface area contributed by atoms with Crippen LogP contribution in [0.1, 0.15) is 11.7 Å². The molecule has 2 aromatic rings. The van der Waals surface area contributed by atoms with Crippen molar-refractivity contribution in [2.24, 2.45) is 0 Å². The topological polar surface area (TPSA) is 57.5 Å². The minimum absolute atomic E-state index is 0.499. The van der Waals surface area contributed by atoms with Gasteiger partial charge < -0.3 is 10.2 Å². The number of rotatable bonds is 4. The van der Waals surface area contributed by atoms with Crippen molar-refractivity contribution in [3.05, 3.63) is 71.8 Å². The van der Waals surface area contributed by atoms with E-state index in [1.807, 2.05) is 0 Å². The fourth-order valence-corrected chi connectivity index (χ4v) is 1.83. The molecule has 21 heavy (non-hydrogen) atoms. The number of benzene rings is 2. The van der Waals surface area contributed by atoms with Crippen LogP contribution in [0.15, 0.2) is 54.6 Å². The number of carbonyl (C=O) groups is 1. The number of aliphatic hydroxyl groups excluding tert-OH is 1. The average Bonchev–Trinajstić information content (AvgIpc) is 2.48. The zero-order valence-electron chi connectivity index (χ0n) is 10.8. The smallest absolute Gasteiger partial charge is 0.328 e. The highest BCUT2D eigenvalue weighted by Crippen LogP contribution is 2.24. The van der Waals surface area contributed by atoms with E-state index >= 15 is 0 Å². The van der Waals surface area contributed by atoms with E-state index in [1.54, 1.807) is 24.3 Å². The quantitative estimate of drug-likeness (QED) is 0.849. The van der Waals surface area contributed by atoms with Gasteiger partial charge in [-0.2, -0.15) is 0 Å². The van der Waals surface area contributed by atoms with Gasteiger partial charge in [0.2, 0.25) is 0 Å². The van der Waals surface area contributed by atoms with Crippen LogP contribution in [0.25, 0.3) is 11.1 Å². The van der Waals surface area contributed by atoms with Crippen molar-refractivity contribution >= 4 is 5.97 Å². The monoisotopic (exact) mass is 290 g/mol. The first kappa shape index (κ1) is 14.9. The molecule has 2 rings (SSSR count). The fourth-order valence-electron chi connectivity index (χ4n) is 1.83. The molecule has 0 radical (unpaired) electrons. The minimum Gasteiger partial charge on any atom is -0.478 e. The summed E-state index contributed by atoms with van der Waals surface area (Å²) in [7, 11) is 0. The van der Waals surface area contributed by atoms with E-state index in [0.717, 1.165) is 24.3 Å². The molecule has 0 heterocycles. The number of hydrogen-bond acceptors (Lipinski definition) is 2. The molecule has 0 bridgehead atoms. The molecule has 1 unspecified atom stereocenters. The molecular formula is C16H12F2O3. The molecule has 0 aliphatic carbocycles. The highest BCUT2D eigenvalue weighted by molar-refractivity contribution is 5.79. The van der Waals surface area contributed by atoms with Gasteiger partial charge in [-0.05, 0) is 34.9 Å². The van der Waals surface area contributed by atoms with Gasteiger partial charge in [0.25, 0.3) is 0 Å². The van der Waals surface area contributed by atoms with Gasteiger partial charge in [-0.15, -0.1) is 0 Å². The SMILES string of the molecule is O=C(O)C=CC(O)c1ccc(-c2ccc(F)c(F)c2)cc1. The van der Waals surface area contributed by atoms with Crippen LogP contribution in [-0.4, -0.2) is 16.2 Å². The molecule has 1 atom stereocenters. The lowest BCUT2D eigenvalue weighted by Gasteiger charge is -2.08. The largest absolute Gasteiger partial charge is 0.478 e. The third-order valence-corrected chi connectivity index (χ3v) is 2.93. The summed E-state index contributed by atoms with van der Waals surface area (Å²) in [6.45, 7) is 0. The molecule has 0 fully saturated rings. The minimum atomic E-state index is -1.15. The predicted molar refractivity (Wildman–Crippen MR) is 73.5 cm³/mol. The molecule has 0 aliphatic rings. The van der Waals surface area contributed by atoms with E-state index in [4.69, 9.17) is 5.11 Å². The van der Waals surface area contributed by atoms with Gasteiger partial charge in [-0.25, -0.2) is 13.6 Å². The Hall–Kier alpha value is -2.53. The first-order chi connectivity index (χ1) is 9.97. The summed E-state index contributed by atoms with van der Waals surface area (Å²) < 4.78 is 26.0. The lowest BCUT2D eigenvalue weighted by Crippen LogP contribution is -1.95. The van der Waals surface area contributed by atoms with Crippen molar-refractivity contribution in [2.45, 2.75) is 6.10 Å². The molecule has 0 saturated carbocycles. The van der Waals surface area contributed by atoms with Crippen LogP contribution in [0.4, 0.5) is 8.78 Å². The zero-order chi connectivity index (χ0) is 15.4. The lowest BCUT2D eigenvalue weighted by molar-refractivity contribution is -0.131. The van der Waals surface area contributed by atoms with Crippen molar-refractivity contribution in [3.8, 4) is 11.1 Å². The summed E-state index contributed by atoms with van der Waals surface area (Å²) >= 11 is 0. The number of aliphatic hydroxyl groups is 1. The number of hydrogen-bond donors (Lipinski definition) is 2. The van der Waals surface area contributed by atoms with Gasteiger partial charge in [0.05, 0.1) is 6.10 Å². The Morgan fingerprint density at radius 2 is 1.62 bits per heavy atom. The van der Waals surface area contributed by atoms with Crippen molar-refractivity contribution in [1.29, 1.82) is 0 Å². The van der Waals surface area contributed by atoms with Gasteiger partial charge in [0.1, 0.15) is 0 Å². The van der Waals surface area contributed by atoms with E-state index in [2.05, 4.69) is 0 Å². The number of carboxylic acid groups (broad SMARTS) is 1. The third kappa shape index (κ3) is 3.73. The number of carboxylic acids is 1. The molecule has 5 heteroatoms. The Bertz CT molecular complexity index is 678. The maximum atomic E-state index is 13.2. The average molecular weight is 290 g/mol. The molecule has 0 amide bonds. The van der Waals surface area contributed by atoms with Gasteiger partial charge >= 0.3 is 5.97 Å². The van der Waals surface area contributed by atoms with E-state index in [1.165, 1.54) is 6.07 Å². The molecule has 2 N–H and O–H groups in total. The second-order valence-corrected chi connectivity index (χ2v) is 4.39. The van der Waals surface area contributed by atoms with E-state index in [-0.39, 0.29) is 0 Å². The molecular weight excluding hydrogens is 278 g/mol. The standard InChI is InChI=1S/C16H12F2O3/c17-13-6-5-12(9-14(13)18)10-1-3-11(4-2-10)15(19)7-8-16(20)21/h1-9,15,19H,(H,20,21). The molecule has 0 aliphatic heterocycles. The summed E-state index contributed by atoms with van der Waals surface area (Å²) in [5, 5.41) is 18.2. The molecule has 0 spiro atoms. The Morgan fingerprint density at radius 1 is 1.00 bits per heavy atom. The third-order valence-electron chi connectivity index (χ3n) is 2.93. The van der Waals surface area contributed by atoms with Crippen LogP contribution in [0.3, 0.4) is 0 Å². The predicted octanol–water partition coefficient (Wildman–Crippen LogP) is 3.31. The van der Waals surface area contributed by atoms with Crippen LogP contribution in [0.5, 0.6) is 0 Å². The molecule has 2 aromatic carbocycles. The van der Waals surface area contributed by atoms with Crippen molar-refractivity contribution in [1.82, 2.24) is 0 Å². The summed E-state index contributed by atoms with van der Waals surface area (Å²) in [4.78, 5) is 10.4. The van der Waals surface area contributed by atoms with Gasteiger partial charge in [-0.3, -0.25) is 0 Å². The summed E-state index contributed by atoms with van der Waals surface area (Å²) in [5.41, 5.74) is 1.67. The van der Waals surface area contributed by atoms with Crippen molar-refractivity contribution in [2.75, 3.05) is 0 Å². The maximum absolute atomic E-state index is 13.2. The summed E-state index contributed by atoms with van der Waals surface area (Å²) in [6.07, 6.45) is 0.961. The van der Waals surface area contributed by atoms with E-state index in [0.29, 0.717) is 16.7 Å². The first-order valence-corrected chi connectivity index (χ1v) is 6.12. The molecule has 0 aromatic heterocycles. The summed E-state index contributed by atoms with van der Waals surface area (Å²) in [6, 6.07) is 10.0. The Labute approximate surface area is 119 Å². The number of aliphatic carboxylic acids is 1. The van der Waals surface area contributed by atoms with Crippen LogP contribution in [0.2, 0.25) is 0 Å². The van der Waals surface area contributed by atoms with Crippen molar-refractivity contribution in [3.63, 3.8) is 0 Å². The number of halogens is 2. The van der Waals surface area contributed by atoms with Crippen molar-refractivity contribution < 1.29 is 23.8 Å². The summed E-state index contributed by atoms with van der Waals surface area (Å²) in [5.74, 6) is -2.99. The van der Waals surface area contributed by atoms with Crippen LogP contribution in [0, 0.1) is 11.6 Å². The Kier molecular flexibility index (Phi) is 4.45. The Morgan fingerprint density at radius 3 is 2.19 bits per heavy atom. The zero-order valence-corrected chi connectivity index (χ0v) is 10.8. The molecule has 3 nitrogen and oxygen atoms in total. The fraction of sp³-hybridized carbons (Fsp3) is 0.0625. The van der Waals surface area contributed by atoms with Crippen LogP contribution >= 0.6 is 0 Å². The van der Waals surface area contributed by atoms with Crippen LogP contribution in [-0.2, 0) is 4.79 Å². The lowest BCUT2D eigenvalue weighted by atomic mass is 10.0. The van der Waals surface area contributed by atoms with E-state index < -0.39 is 23.7 Å². The van der Waals surface area contributed by atoms with Crippen LogP contribution < -0.4 is 0 Å².